The Balaban J connectivity index is 2.05. The Morgan fingerprint density at radius 2 is 1.71 bits per heavy atom. The molecule has 0 aliphatic rings. The van der Waals surface area contributed by atoms with E-state index >= 15 is 0 Å². The number of rotatable bonds is 6. The van der Waals surface area contributed by atoms with Gasteiger partial charge in [-0.2, -0.15) is 0 Å². The van der Waals surface area contributed by atoms with Gasteiger partial charge in [-0.1, -0.05) is 70.2 Å². The molecule has 0 fully saturated rings. The zero-order valence-corrected chi connectivity index (χ0v) is 15.0. The van der Waals surface area contributed by atoms with Gasteiger partial charge in [0, 0.05) is 11.8 Å². The first-order valence-corrected chi connectivity index (χ1v) is 8.69. The Labute approximate surface area is 145 Å². The van der Waals surface area contributed by atoms with Crippen LogP contribution in [0.4, 0.5) is 5.69 Å². The van der Waals surface area contributed by atoms with Gasteiger partial charge in [0.05, 0.1) is 0 Å². The molecule has 0 aromatic heterocycles. The summed E-state index contributed by atoms with van der Waals surface area (Å²) >= 11 is 0. The summed E-state index contributed by atoms with van der Waals surface area (Å²) in [4.78, 5) is 12.2. The highest BCUT2D eigenvalue weighted by Gasteiger charge is 2.09. The first kappa shape index (κ1) is 18.0. The van der Waals surface area contributed by atoms with E-state index in [0.717, 1.165) is 17.7 Å². The van der Waals surface area contributed by atoms with Crippen LogP contribution in [0.1, 0.15) is 62.6 Å². The summed E-state index contributed by atoms with van der Waals surface area (Å²) in [5.74, 6) is 0.844. The van der Waals surface area contributed by atoms with Crippen LogP contribution in [-0.4, -0.2) is 5.91 Å². The lowest BCUT2D eigenvalue weighted by atomic mass is 9.97. The second-order valence-corrected chi connectivity index (χ2v) is 6.54. The SMILES string of the molecule is CC[C@H](C)c1ccccc1NC(=O)/C=C/c1ccc(C(C)C)cc1. The van der Waals surface area contributed by atoms with Gasteiger partial charge in [-0.25, -0.2) is 0 Å². The highest BCUT2D eigenvalue weighted by molar-refractivity contribution is 6.02. The van der Waals surface area contributed by atoms with E-state index in [4.69, 9.17) is 0 Å². The van der Waals surface area contributed by atoms with Crippen LogP contribution in [0, 0.1) is 0 Å². The third-order valence-electron chi connectivity index (χ3n) is 4.39. The normalized spacial score (nSPS) is 12.5. The Hall–Kier alpha value is -2.35. The van der Waals surface area contributed by atoms with Gasteiger partial charge >= 0.3 is 0 Å². The van der Waals surface area contributed by atoms with Crippen molar-refractivity contribution in [2.45, 2.75) is 46.0 Å². The molecule has 1 N–H and O–H groups in total. The molecule has 0 heterocycles. The molecule has 24 heavy (non-hydrogen) atoms. The third-order valence-corrected chi connectivity index (χ3v) is 4.39. The van der Waals surface area contributed by atoms with Crippen molar-refractivity contribution in [2.75, 3.05) is 5.32 Å². The summed E-state index contributed by atoms with van der Waals surface area (Å²) < 4.78 is 0. The molecule has 0 radical (unpaired) electrons. The maximum absolute atomic E-state index is 12.2. The minimum atomic E-state index is -0.0984. The lowest BCUT2D eigenvalue weighted by molar-refractivity contribution is -0.111. The Morgan fingerprint density at radius 1 is 1.04 bits per heavy atom. The van der Waals surface area contributed by atoms with E-state index in [1.165, 1.54) is 11.1 Å². The molecule has 0 spiro atoms. The van der Waals surface area contributed by atoms with Gasteiger partial charge in [0.25, 0.3) is 0 Å². The number of para-hydroxylation sites is 1. The maximum atomic E-state index is 12.2. The number of benzene rings is 2. The zero-order chi connectivity index (χ0) is 17.5. The molecule has 2 aromatic rings. The summed E-state index contributed by atoms with van der Waals surface area (Å²) in [5.41, 5.74) is 4.42. The lowest BCUT2D eigenvalue weighted by Gasteiger charge is -2.14. The van der Waals surface area contributed by atoms with Crippen molar-refractivity contribution in [3.05, 3.63) is 71.3 Å². The van der Waals surface area contributed by atoms with Gasteiger partial charge in [0.15, 0.2) is 0 Å². The number of amides is 1. The minimum absolute atomic E-state index is 0.0984. The fourth-order valence-electron chi connectivity index (χ4n) is 2.60. The molecule has 0 aliphatic carbocycles. The molecule has 0 unspecified atom stereocenters. The third kappa shape index (κ3) is 4.82. The summed E-state index contributed by atoms with van der Waals surface area (Å²) in [6.45, 7) is 8.68. The van der Waals surface area contributed by atoms with Crippen molar-refractivity contribution in [1.82, 2.24) is 0 Å². The molecule has 2 heteroatoms. The molecule has 0 aliphatic heterocycles. The molecule has 2 rings (SSSR count). The molecule has 2 aromatic carbocycles. The van der Waals surface area contributed by atoms with Gasteiger partial charge in [-0.05, 0) is 47.1 Å². The van der Waals surface area contributed by atoms with Gasteiger partial charge in [0.1, 0.15) is 0 Å². The average Bonchev–Trinajstić information content (AvgIpc) is 2.60. The summed E-state index contributed by atoms with van der Waals surface area (Å²) in [6, 6.07) is 16.3. The van der Waals surface area contributed by atoms with Crippen molar-refractivity contribution in [2.24, 2.45) is 0 Å². The lowest BCUT2D eigenvalue weighted by Crippen LogP contribution is -2.10. The summed E-state index contributed by atoms with van der Waals surface area (Å²) in [5, 5.41) is 3.00. The van der Waals surface area contributed by atoms with Crippen molar-refractivity contribution in [1.29, 1.82) is 0 Å². The molecule has 1 amide bonds. The predicted molar refractivity (Wildman–Crippen MR) is 103 cm³/mol. The Morgan fingerprint density at radius 3 is 2.33 bits per heavy atom. The molecular weight excluding hydrogens is 294 g/mol. The van der Waals surface area contributed by atoms with Gasteiger partial charge < -0.3 is 5.32 Å². The standard InChI is InChI=1S/C22H27NO/c1-5-17(4)20-8-6-7-9-21(20)23-22(24)15-12-18-10-13-19(14-11-18)16(2)3/h6-17H,5H2,1-4H3,(H,23,24)/b15-12+/t17-/m0/s1. The van der Waals surface area contributed by atoms with E-state index in [0.29, 0.717) is 11.8 Å². The van der Waals surface area contributed by atoms with Crippen LogP contribution in [-0.2, 0) is 4.79 Å². The van der Waals surface area contributed by atoms with Crippen molar-refractivity contribution < 1.29 is 4.79 Å². The van der Waals surface area contributed by atoms with E-state index in [9.17, 15) is 4.79 Å². The van der Waals surface area contributed by atoms with E-state index in [2.05, 4.69) is 51.2 Å². The molecule has 2 nitrogen and oxygen atoms in total. The highest BCUT2D eigenvalue weighted by Crippen LogP contribution is 2.26. The Bertz CT molecular complexity index is 698. The van der Waals surface area contributed by atoms with E-state index in [1.54, 1.807) is 6.08 Å². The van der Waals surface area contributed by atoms with Crippen molar-refractivity contribution in [3.63, 3.8) is 0 Å². The maximum Gasteiger partial charge on any atom is 0.248 e. The van der Waals surface area contributed by atoms with Gasteiger partial charge in [-0.3, -0.25) is 4.79 Å². The van der Waals surface area contributed by atoms with E-state index in [1.807, 2.05) is 36.4 Å². The van der Waals surface area contributed by atoms with Crippen molar-refractivity contribution in [3.8, 4) is 0 Å². The summed E-state index contributed by atoms with van der Waals surface area (Å²) in [6.07, 6.45) is 4.49. The average molecular weight is 321 g/mol. The second-order valence-electron chi connectivity index (χ2n) is 6.54. The smallest absolute Gasteiger partial charge is 0.248 e. The van der Waals surface area contributed by atoms with E-state index < -0.39 is 0 Å². The molecular formula is C22H27NO. The molecule has 0 saturated heterocycles. The number of carbonyl (C=O) groups excluding carboxylic acids is 1. The highest BCUT2D eigenvalue weighted by atomic mass is 16.1. The monoisotopic (exact) mass is 321 g/mol. The van der Waals surface area contributed by atoms with E-state index in [-0.39, 0.29) is 5.91 Å². The zero-order valence-electron chi connectivity index (χ0n) is 15.0. The molecule has 126 valence electrons. The fraction of sp³-hybridized carbons (Fsp3) is 0.318. The van der Waals surface area contributed by atoms with Gasteiger partial charge in [-0.15, -0.1) is 0 Å². The number of hydrogen-bond acceptors (Lipinski definition) is 1. The topological polar surface area (TPSA) is 29.1 Å². The molecule has 1 atom stereocenters. The van der Waals surface area contributed by atoms with Crippen LogP contribution >= 0.6 is 0 Å². The largest absolute Gasteiger partial charge is 0.322 e. The first-order chi connectivity index (χ1) is 11.5. The number of hydrogen-bond donors (Lipinski definition) is 1. The van der Waals surface area contributed by atoms with Crippen LogP contribution in [0.15, 0.2) is 54.6 Å². The number of nitrogens with one attached hydrogen (secondary N) is 1. The second kappa shape index (κ2) is 8.49. The Kier molecular flexibility index (Phi) is 6.36. The minimum Gasteiger partial charge on any atom is -0.322 e. The fourth-order valence-corrected chi connectivity index (χ4v) is 2.60. The molecule has 0 bridgehead atoms. The van der Waals surface area contributed by atoms with Crippen LogP contribution in [0.25, 0.3) is 6.08 Å². The quantitative estimate of drug-likeness (QED) is 0.652. The number of anilines is 1. The number of carbonyl (C=O) groups is 1. The molecule has 0 saturated carbocycles. The summed E-state index contributed by atoms with van der Waals surface area (Å²) in [7, 11) is 0. The predicted octanol–water partition coefficient (Wildman–Crippen LogP) is 5.98. The van der Waals surface area contributed by atoms with Crippen LogP contribution < -0.4 is 5.32 Å². The first-order valence-electron chi connectivity index (χ1n) is 8.69. The van der Waals surface area contributed by atoms with Crippen LogP contribution in [0.2, 0.25) is 0 Å². The van der Waals surface area contributed by atoms with Crippen molar-refractivity contribution >= 4 is 17.7 Å². The van der Waals surface area contributed by atoms with Gasteiger partial charge in [0.2, 0.25) is 5.91 Å². The van der Waals surface area contributed by atoms with Crippen LogP contribution in [0.5, 0.6) is 0 Å². The van der Waals surface area contributed by atoms with Crippen LogP contribution in [0.3, 0.4) is 0 Å².